The van der Waals surface area contributed by atoms with Crippen molar-refractivity contribution in [2.24, 2.45) is 7.05 Å². The molecule has 0 aliphatic heterocycles. The third-order valence-electron chi connectivity index (χ3n) is 2.65. The summed E-state index contributed by atoms with van der Waals surface area (Å²) in [6, 6.07) is 0.901. The number of nitrogens with one attached hydrogen (secondary N) is 1. The van der Waals surface area contributed by atoms with Crippen molar-refractivity contribution in [1.29, 1.82) is 0 Å². The van der Waals surface area contributed by atoms with E-state index in [1.807, 2.05) is 6.92 Å². The highest BCUT2D eigenvalue weighted by Gasteiger charge is 2.11. The first-order chi connectivity index (χ1) is 8.49. The number of amides is 1. The van der Waals surface area contributed by atoms with Gasteiger partial charge in [0, 0.05) is 19.3 Å². The summed E-state index contributed by atoms with van der Waals surface area (Å²) in [5.74, 6) is -0.378. The molecule has 0 bridgehead atoms. The van der Waals surface area contributed by atoms with Gasteiger partial charge in [0.15, 0.2) is 0 Å². The highest BCUT2D eigenvalue weighted by atomic mass is 16.3. The van der Waals surface area contributed by atoms with Crippen LogP contribution >= 0.6 is 0 Å². The summed E-state index contributed by atoms with van der Waals surface area (Å²) in [7, 11) is 1.35. The van der Waals surface area contributed by atoms with Gasteiger partial charge in [-0.15, -0.1) is 0 Å². The van der Waals surface area contributed by atoms with E-state index in [0.29, 0.717) is 6.42 Å². The van der Waals surface area contributed by atoms with Crippen LogP contribution < -0.4 is 16.6 Å². The molecule has 0 saturated carbocycles. The van der Waals surface area contributed by atoms with Gasteiger partial charge in [-0.05, 0) is 6.42 Å². The lowest BCUT2D eigenvalue weighted by atomic mass is 10.2. The molecule has 1 unspecified atom stereocenters. The Morgan fingerprint density at radius 1 is 1.50 bits per heavy atom. The van der Waals surface area contributed by atoms with Crippen molar-refractivity contribution in [2.45, 2.75) is 25.9 Å². The van der Waals surface area contributed by atoms with E-state index >= 15 is 0 Å². The molecule has 0 radical (unpaired) electrons. The summed E-state index contributed by atoms with van der Waals surface area (Å²) in [5.41, 5.74) is -0.965. The Hall–Kier alpha value is -1.89. The lowest BCUT2D eigenvalue weighted by molar-refractivity contribution is -0.122. The first kappa shape index (κ1) is 14.2. The quantitative estimate of drug-likeness (QED) is 0.665. The Bertz CT molecular complexity index is 528. The van der Waals surface area contributed by atoms with Crippen LogP contribution in [0, 0.1) is 0 Å². The second-order valence-corrected chi connectivity index (χ2v) is 3.98. The summed E-state index contributed by atoms with van der Waals surface area (Å²) in [4.78, 5) is 34.4. The van der Waals surface area contributed by atoms with E-state index in [2.05, 4.69) is 5.32 Å². The van der Waals surface area contributed by atoms with Gasteiger partial charge in [0.2, 0.25) is 5.91 Å². The van der Waals surface area contributed by atoms with Gasteiger partial charge in [-0.3, -0.25) is 18.7 Å². The highest BCUT2D eigenvalue weighted by Crippen LogP contribution is 1.89. The van der Waals surface area contributed by atoms with Crippen LogP contribution in [0.5, 0.6) is 0 Å². The molecule has 1 atom stereocenters. The Morgan fingerprint density at radius 2 is 2.17 bits per heavy atom. The SMILES string of the molecule is CCC(CO)NC(=O)Cn1ccc(=O)n(C)c1=O. The molecule has 1 aromatic heterocycles. The molecule has 0 aliphatic rings. The minimum atomic E-state index is -0.547. The number of aliphatic hydroxyl groups is 1. The Labute approximate surface area is 104 Å². The minimum Gasteiger partial charge on any atom is -0.394 e. The molecule has 1 rings (SSSR count). The summed E-state index contributed by atoms with van der Waals surface area (Å²) in [6.45, 7) is 1.51. The Balaban J connectivity index is 2.80. The lowest BCUT2D eigenvalue weighted by Crippen LogP contribution is -2.43. The molecule has 0 aliphatic carbocycles. The van der Waals surface area contributed by atoms with Crippen LogP contribution in [0.15, 0.2) is 21.9 Å². The van der Waals surface area contributed by atoms with Crippen LogP contribution in [-0.4, -0.2) is 32.8 Å². The molecule has 1 heterocycles. The van der Waals surface area contributed by atoms with E-state index in [9.17, 15) is 14.4 Å². The fourth-order valence-corrected chi connectivity index (χ4v) is 1.44. The van der Waals surface area contributed by atoms with Gasteiger partial charge in [0.25, 0.3) is 5.56 Å². The second kappa shape index (κ2) is 6.15. The monoisotopic (exact) mass is 255 g/mol. The highest BCUT2D eigenvalue weighted by molar-refractivity contribution is 5.76. The summed E-state index contributed by atoms with van der Waals surface area (Å²) in [6.07, 6.45) is 1.88. The van der Waals surface area contributed by atoms with Gasteiger partial charge in [-0.1, -0.05) is 6.92 Å². The summed E-state index contributed by atoms with van der Waals surface area (Å²) in [5, 5.41) is 11.5. The van der Waals surface area contributed by atoms with Crippen LogP contribution in [-0.2, 0) is 18.4 Å². The Kier molecular flexibility index (Phi) is 4.85. The van der Waals surface area contributed by atoms with Crippen LogP contribution in [0.1, 0.15) is 13.3 Å². The average molecular weight is 255 g/mol. The van der Waals surface area contributed by atoms with E-state index in [0.717, 1.165) is 9.13 Å². The van der Waals surface area contributed by atoms with Crippen molar-refractivity contribution < 1.29 is 9.90 Å². The average Bonchev–Trinajstić information content (AvgIpc) is 2.36. The van der Waals surface area contributed by atoms with Gasteiger partial charge in [-0.25, -0.2) is 4.79 Å². The number of carbonyl (C=O) groups excluding carboxylic acids is 1. The van der Waals surface area contributed by atoms with Crippen LogP contribution in [0.2, 0.25) is 0 Å². The zero-order chi connectivity index (χ0) is 13.7. The molecule has 2 N–H and O–H groups in total. The van der Waals surface area contributed by atoms with E-state index in [1.165, 1.54) is 19.3 Å². The lowest BCUT2D eigenvalue weighted by Gasteiger charge is -2.14. The predicted molar refractivity (Wildman–Crippen MR) is 65.3 cm³/mol. The van der Waals surface area contributed by atoms with E-state index in [1.54, 1.807) is 0 Å². The third kappa shape index (κ3) is 3.30. The van der Waals surface area contributed by atoms with Crippen molar-refractivity contribution in [3.63, 3.8) is 0 Å². The van der Waals surface area contributed by atoms with Crippen molar-refractivity contribution in [1.82, 2.24) is 14.5 Å². The van der Waals surface area contributed by atoms with E-state index in [-0.39, 0.29) is 25.1 Å². The molecule has 0 aromatic carbocycles. The second-order valence-electron chi connectivity index (χ2n) is 3.98. The van der Waals surface area contributed by atoms with E-state index in [4.69, 9.17) is 5.11 Å². The summed E-state index contributed by atoms with van der Waals surface area (Å²) < 4.78 is 2.07. The molecule has 7 nitrogen and oxygen atoms in total. The molecular formula is C11H17N3O4. The molecule has 100 valence electrons. The fourth-order valence-electron chi connectivity index (χ4n) is 1.44. The van der Waals surface area contributed by atoms with Crippen molar-refractivity contribution in [3.05, 3.63) is 33.1 Å². The number of carbonyl (C=O) groups is 1. The number of hydrogen-bond donors (Lipinski definition) is 2. The van der Waals surface area contributed by atoms with Crippen LogP contribution in [0.25, 0.3) is 0 Å². The molecule has 0 fully saturated rings. The topological polar surface area (TPSA) is 93.3 Å². The normalized spacial score (nSPS) is 12.2. The maximum Gasteiger partial charge on any atom is 0.331 e. The largest absolute Gasteiger partial charge is 0.394 e. The van der Waals surface area contributed by atoms with Crippen molar-refractivity contribution in [2.75, 3.05) is 6.61 Å². The summed E-state index contributed by atoms with van der Waals surface area (Å²) >= 11 is 0. The standard InChI is InChI=1S/C11H17N3O4/c1-3-8(7-15)12-9(16)6-14-5-4-10(17)13(2)11(14)18/h4-5,8,15H,3,6-7H2,1-2H3,(H,12,16). The van der Waals surface area contributed by atoms with Crippen molar-refractivity contribution in [3.8, 4) is 0 Å². The zero-order valence-corrected chi connectivity index (χ0v) is 10.4. The zero-order valence-electron chi connectivity index (χ0n) is 10.4. The molecular weight excluding hydrogens is 238 g/mol. The maximum atomic E-state index is 11.6. The minimum absolute atomic E-state index is 0.148. The first-order valence-corrected chi connectivity index (χ1v) is 5.66. The number of hydrogen-bond acceptors (Lipinski definition) is 4. The van der Waals surface area contributed by atoms with Crippen molar-refractivity contribution >= 4 is 5.91 Å². The molecule has 1 amide bonds. The molecule has 7 heteroatoms. The molecule has 18 heavy (non-hydrogen) atoms. The van der Waals surface area contributed by atoms with Gasteiger partial charge in [-0.2, -0.15) is 0 Å². The van der Waals surface area contributed by atoms with Crippen LogP contribution in [0.4, 0.5) is 0 Å². The van der Waals surface area contributed by atoms with Gasteiger partial charge >= 0.3 is 5.69 Å². The third-order valence-corrected chi connectivity index (χ3v) is 2.65. The Morgan fingerprint density at radius 3 is 2.72 bits per heavy atom. The smallest absolute Gasteiger partial charge is 0.331 e. The van der Waals surface area contributed by atoms with Gasteiger partial charge in [0.05, 0.1) is 12.6 Å². The van der Waals surface area contributed by atoms with Crippen LogP contribution in [0.3, 0.4) is 0 Å². The molecule has 1 aromatic rings. The number of nitrogens with zero attached hydrogens (tertiary/aromatic N) is 2. The van der Waals surface area contributed by atoms with E-state index < -0.39 is 11.2 Å². The van der Waals surface area contributed by atoms with Gasteiger partial charge < -0.3 is 10.4 Å². The van der Waals surface area contributed by atoms with Gasteiger partial charge in [0.1, 0.15) is 6.54 Å². The number of aliphatic hydroxyl groups excluding tert-OH is 1. The first-order valence-electron chi connectivity index (χ1n) is 5.66. The number of rotatable bonds is 5. The molecule has 0 saturated heterocycles. The fraction of sp³-hybridized carbons (Fsp3) is 0.545. The predicted octanol–water partition coefficient (Wildman–Crippen LogP) is -1.57. The molecule has 0 spiro atoms. The number of aromatic nitrogens is 2. The maximum absolute atomic E-state index is 11.6.